The van der Waals surface area contributed by atoms with Crippen LogP contribution in [0.2, 0.25) is 0 Å². The maximum atomic E-state index is 2.76. The first-order valence-electron chi connectivity index (χ1n) is 19.6. The Morgan fingerprint density at radius 3 is 1.13 bits per heavy atom. The molecule has 3 aliphatic heterocycles. The van der Waals surface area contributed by atoms with Crippen molar-refractivity contribution >= 4 is 92.1 Å². The van der Waals surface area contributed by atoms with Gasteiger partial charge in [-0.2, -0.15) is 0 Å². The molecular formula is C50H45B2NSi. The van der Waals surface area contributed by atoms with Crippen molar-refractivity contribution in [3.05, 3.63) is 172 Å². The van der Waals surface area contributed by atoms with Gasteiger partial charge in [-0.1, -0.05) is 183 Å². The molecular weight excluding hydrogens is 664 g/mol. The lowest BCUT2D eigenvalue weighted by Crippen LogP contribution is -2.81. The molecule has 0 amide bonds. The second-order valence-electron chi connectivity index (χ2n) is 16.6. The van der Waals surface area contributed by atoms with E-state index in [1.165, 1.54) is 115 Å². The lowest BCUT2D eigenvalue weighted by atomic mass is 9.29. The molecule has 0 radical (unpaired) electrons. The van der Waals surface area contributed by atoms with E-state index in [0.717, 1.165) is 0 Å². The Morgan fingerprint density at radius 2 is 0.741 bits per heavy atom. The van der Waals surface area contributed by atoms with E-state index in [2.05, 4.69) is 188 Å². The molecule has 0 fully saturated rings. The van der Waals surface area contributed by atoms with E-state index in [9.17, 15) is 0 Å². The molecule has 0 bridgehead atoms. The molecule has 10 rings (SSSR count). The van der Waals surface area contributed by atoms with Gasteiger partial charge in [-0.3, -0.25) is 0 Å². The molecule has 0 unspecified atom stereocenters. The molecule has 0 aliphatic carbocycles. The number of aryl methyl sites for hydroxylation is 8. The van der Waals surface area contributed by atoms with Crippen LogP contribution in [-0.4, -0.2) is 21.5 Å². The molecule has 4 heteroatoms. The van der Waals surface area contributed by atoms with Crippen LogP contribution in [0, 0.1) is 55.4 Å². The van der Waals surface area contributed by atoms with E-state index in [1.54, 1.807) is 0 Å². The van der Waals surface area contributed by atoms with Crippen molar-refractivity contribution < 1.29 is 0 Å². The van der Waals surface area contributed by atoms with Crippen LogP contribution in [-0.2, 0) is 0 Å². The third-order valence-electron chi connectivity index (χ3n) is 12.9. The van der Waals surface area contributed by atoms with Gasteiger partial charge in [-0.15, -0.1) is 0 Å². The van der Waals surface area contributed by atoms with Gasteiger partial charge >= 0.3 is 0 Å². The van der Waals surface area contributed by atoms with Crippen molar-refractivity contribution in [3.8, 4) is 0 Å². The molecule has 3 heterocycles. The van der Waals surface area contributed by atoms with Gasteiger partial charge in [-0.05, 0) is 98.0 Å². The van der Waals surface area contributed by atoms with Crippen molar-refractivity contribution in [2.45, 2.75) is 55.4 Å². The minimum Gasteiger partial charge on any atom is -0.313 e. The first kappa shape index (κ1) is 33.3. The summed E-state index contributed by atoms with van der Waals surface area (Å²) in [7, 11) is -2.89. The normalized spacial score (nSPS) is 14.3. The Balaban J connectivity index is 1.46. The van der Waals surface area contributed by atoms with E-state index >= 15 is 0 Å². The summed E-state index contributed by atoms with van der Waals surface area (Å²) >= 11 is 0. The predicted molar refractivity (Wildman–Crippen MR) is 238 cm³/mol. The zero-order chi connectivity index (χ0) is 37.2. The Bertz CT molecular complexity index is 2490. The average molecular weight is 710 g/mol. The van der Waals surface area contributed by atoms with Crippen LogP contribution in [0.4, 0.5) is 17.1 Å². The number of anilines is 3. The minimum absolute atomic E-state index is 0.109. The molecule has 260 valence electrons. The van der Waals surface area contributed by atoms with Crippen LogP contribution < -0.4 is 58.4 Å². The molecule has 7 aromatic carbocycles. The van der Waals surface area contributed by atoms with Gasteiger partial charge in [0.25, 0.3) is 0 Å². The lowest BCUT2D eigenvalue weighted by molar-refractivity contribution is 1.29. The van der Waals surface area contributed by atoms with E-state index in [4.69, 9.17) is 0 Å². The van der Waals surface area contributed by atoms with Crippen molar-refractivity contribution in [3.63, 3.8) is 0 Å². The van der Waals surface area contributed by atoms with Crippen LogP contribution in [0.25, 0.3) is 0 Å². The van der Waals surface area contributed by atoms with Gasteiger partial charge < -0.3 is 4.90 Å². The summed E-state index contributed by atoms with van der Waals surface area (Å²) in [6.07, 6.45) is 0. The molecule has 7 aromatic rings. The smallest absolute Gasteiger partial charge is 0.247 e. The number of nitrogens with zero attached hydrogens (tertiary/aromatic N) is 1. The minimum atomic E-state index is -2.89. The third-order valence-corrected chi connectivity index (χ3v) is 17.6. The second kappa shape index (κ2) is 11.8. The van der Waals surface area contributed by atoms with Gasteiger partial charge in [0, 0.05) is 17.1 Å². The molecule has 0 spiro atoms. The number of hydrogen-bond acceptors (Lipinski definition) is 1. The Labute approximate surface area is 322 Å². The highest BCUT2D eigenvalue weighted by molar-refractivity contribution is 7.22. The third kappa shape index (κ3) is 4.41. The van der Waals surface area contributed by atoms with E-state index < -0.39 is 8.07 Å². The highest BCUT2D eigenvalue weighted by Gasteiger charge is 2.55. The molecule has 0 N–H and O–H groups in total. The van der Waals surface area contributed by atoms with Crippen LogP contribution in [0.15, 0.2) is 127 Å². The van der Waals surface area contributed by atoms with Gasteiger partial charge in [-0.25, -0.2) is 0 Å². The molecule has 0 aromatic heterocycles. The van der Waals surface area contributed by atoms with E-state index in [0.29, 0.717) is 0 Å². The van der Waals surface area contributed by atoms with Crippen LogP contribution in [0.3, 0.4) is 0 Å². The van der Waals surface area contributed by atoms with Gasteiger partial charge in [0.1, 0.15) is 0 Å². The fourth-order valence-electron chi connectivity index (χ4n) is 11.3. The maximum Gasteiger partial charge on any atom is 0.247 e. The fraction of sp³-hybridized carbons (Fsp3) is 0.160. The first-order valence-corrected chi connectivity index (χ1v) is 21.6. The lowest BCUT2D eigenvalue weighted by Gasteiger charge is -2.53. The van der Waals surface area contributed by atoms with Crippen molar-refractivity contribution in [1.29, 1.82) is 0 Å². The SMILES string of the molecule is Cc1cc(C)c(B2c3cccc4c3N3c5c2cc(C)cc5[Si](c2ccccc2)(c2ccccc2)c2cc(C)cc(c23)B4c2c(C)cc(C)cc2C)c(C)c1. The highest BCUT2D eigenvalue weighted by atomic mass is 28.3. The van der Waals surface area contributed by atoms with E-state index in [1.807, 2.05) is 0 Å². The summed E-state index contributed by atoms with van der Waals surface area (Å²) in [5, 5.41) is 5.90. The Kier molecular flexibility index (Phi) is 7.30. The van der Waals surface area contributed by atoms with E-state index in [-0.39, 0.29) is 13.4 Å². The van der Waals surface area contributed by atoms with Crippen molar-refractivity contribution in [2.24, 2.45) is 0 Å². The fourth-order valence-corrected chi connectivity index (χ4v) is 16.7. The largest absolute Gasteiger partial charge is 0.313 e. The zero-order valence-electron chi connectivity index (χ0n) is 32.7. The molecule has 0 saturated heterocycles. The number of hydrogen-bond donors (Lipinski definition) is 0. The molecule has 0 atom stereocenters. The Hall–Kier alpha value is -5.31. The quantitative estimate of drug-likeness (QED) is 0.234. The molecule has 0 saturated carbocycles. The van der Waals surface area contributed by atoms with Crippen LogP contribution >= 0.6 is 0 Å². The first-order chi connectivity index (χ1) is 26.1. The monoisotopic (exact) mass is 709 g/mol. The standard InChI is InChI=1S/C50H45B2NSi/c1-30-22-34(5)46(35(6)23-30)51-40-20-15-21-41-48(40)53-49-42(51)26-32(3)28-44(49)54(38-16-11-9-12-17-38,39-18-13-10-14-19-39)45-29-33(4)27-43(50(45)53)52(41)47-36(7)24-31(2)25-37(47)8/h9-29H,1-8H3. The summed E-state index contributed by atoms with van der Waals surface area (Å²) in [6.45, 7) is 18.7. The summed E-state index contributed by atoms with van der Waals surface area (Å²) in [5.74, 6) is 0. The van der Waals surface area contributed by atoms with Crippen LogP contribution in [0.1, 0.15) is 44.5 Å². The number of benzene rings is 7. The van der Waals surface area contributed by atoms with Crippen molar-refractivity contribution in [2.75, 3.05) is 4.90 Å². The molecule has 3 aliphatic rings. The Morgan fingerprint density at radius 1 is 0.370 bits per heavy atom. The zero-order valence-corrected chi connectivity index (χ0v) is 33.7. The average Bonchev–Trinajstić information content (AvgIpc) is 3.13. The second-order valence-corrected chi connectivity index (χ2v) is 20.3. The molecule has 54 heavy (non-hydrogen) atoms. The molecule has 1 nitrogen and oxygen atoms in total. The van der Waals surface area contributed by atoms with Gasteiger partial charge in [0.15, 0.2) is 8.07 Å². The summed E-state index contributed by atoms with van der Waals surface area (Å²) in [4.78, 5) is 2.76. The predicted octanol–water partition coefficient (Wildman–Crippen LogP) is 4.97. The summed E-state index contributed by atoms with van der Waals surface area (Å²) in [6, 6.07) is 50.2. The maximum absolute atomic E-state index is 2.89. The summed E-state index contributed by atoms with van der Waals surface area (Å²) in [5.41, 5.74) is 23.6. The number of para-hydroxylation sites is 1. The van der Waals surface area contributed by atoms with Crippen LogP contribution in [0.5, 0.6) is 0 Å². The van der Waals surface area contributed by atoms with Gasteiger partial charge in [0.05, 0.1) is 0 Å². The van der Waals surface area contributed by atoms with Gasteiger partial charge in [0.2, 0.25) is 13.4 Å². The topological polar surface area (TPSA) is 3.24 Å². The summed E-state index contributed by atoms with van der Waals surface area (Å²) < 4.78 is 0. The van der Waals surface area contributed by atoms with Crippen molar-refractivity contribution in [1.82, 2.24) is 0 Å². The highest BCUT2D eigenvalue weighted by Crippen LogP contribution is 2.41. The number of rotatable bonds is 4.